The Labute approximate surface area is 102 Å². The van der Waals surface area contributed by atoms with Crippen LogP contribution in [-0.2, 0) is 0 Å². The molecule has 1 aromatic carbocycles. The molecule has 5 heteroatoms. The maximum absolute atomic E-state index is 10.5. The average Bonchev–Trinajstić information content (AvgIpc) is 2.77. The molecule has 0 N–H and O–H groups in total. The molecule has 0 amide bonds. The summed E-state index contributed by atoms with van der Waals surface area (Å²) in [6.07, 6.45) is 0.727. The normalized spacial score (nSPS) is 10.1. The van der Waals surface area contributed by atoms with Crippen LogP contribution in [0.3, 0.4) is 0 Å². The standard InChI is InChI=1S/C11H8ClNO2S/c1-15-10-3-2-7(4-9(10)12)11-13-8(5-14)6-16-11/h2-6H,1H3. The van der Waals surface area contributed by atoms with E-state index in [0.29, 0.717) is 16.5 Å². The van der Waals surface area contributed by atoms with Crippen LogP contribution in [0.5, 0.6) is 5.75 Å². The van der Waals surface area contributed by atoms with Crippen LogP contribution >= 0.6 is 22.9 Å². The van der Waals surface area contributed by atoms with Crippen molar-refractivity contribution in [2.24, 2.45) is 0 Å². The molecule has 2 rings (SSSR count). The quantitative estimate of drug-likeness (QED) is 0.788. The van der Waals surface area contributed by atoms with Crippen LogP contribution in [0.1, 0.15) is 10.5 Å². The number of thiazole rings is 1. The second kappa shape index (κ2) is 4.63. The minimum Gasteiger partial charge on any atom is -0.495 e. The summed E-state index contributed by atoms with van der Waals surface area (Å²) < 4.78 is 5.06. The van der Waals surface area contributed by atoms with Gasteiger partial charge in [0, 0.05) is 10.9 Å². The number of aromatic nitrogens is 1. The van der Waals surface area contributed by atoms with Crippen molar-refractivity contribution in [3.63, 3.8) is 0 Å². The topological polar surface area (TPSA) is 39.2 Å². The van der Waals surface area contributed by atoms with Crippen molar-refractivity contribution in [1.29, 1.82) is 0 Å². The van der Waals surface area contributed by atoms with Gasteiger partial charge in [0.15, 0.2) is 6.29 Å². The van der Waals surface area contributed by atoms with Gasteiger partial charge in [-0.1, -0.05) is 11.6 Å². The molecule has 2 aromatic rings. The summed E-state index contributed by atoms with van der Waals surface area (Å²) in [7, 11) is 1.56. The highest BCUT2D eigenvalue weighted by atomic mass is 35.5. The van der Waals surface area contributed by atoms with E-state index in [2.05, 4.69) is 4.98 Å². The lowest BCUT2D eigenvalue weighted by atomic mass is 10.2. The lowest BCUT2D eigenvalue weighted by Crippen LogP contribution is -1.85. The van der Waals surface area contributed by atoms with Crippen molar-refractivity contribution in [2.45, 2.75) is 0 Å². The molecule has 0 aliphatic rings. The molecule has 0 saturated carbocycles. The summed E-state index contributed by atoms with van der Waals surface area (Å²) in [6.45, 7) is 0. The largest absolute Gasteiger partial charge is 0.495 e. The molecule has 0 atom stereocenters. The highest BCUT2D eigenvalue weighted by Gasteiger charge is 2.07. The van der Waals surface area contributed by atoms with Crippen LogP contribution in [0.4, 0.5) is 0 Å². The first-order chi connectivity index (χ1) is 7.74. The minimum absolute atomic E-state index is 0.437. The molecule has 1 heterocycles. The van der Waals surface area contributed by atoms with Gasteiger partial charge in [-0.2, -0.15) is 0 Å². The van der Waals surface area contributed by atoms with Gasteiger partial charge in [0.05, 0.1) is 12.1 Å². The summed E-state index contributed by atoms with van der Waals surface area (Å²) >= 11 is 7.41. The molecule has 82 valence electrons. The third-order valence-electron chi connectivity index (χ3n) is 2.04. The zero-order valence-corrected chi connectivity index (χ0v) is 10.0. The number of hydrogen-bond acceptors (Lipinski definition) is 4. The van der Waals surface area contributed by atoms with Crippen LogP contribution in [0.2, 0.25) is 5.02 Å². The molecule has 0 fully saturated rings. The first-order valence-electron chi connectivity index (χ1n) is 4.49. The first kappa shape index (κ1) is 11.1. The molecule has 0 saturated heterocycles. The summed E-state index contributed by atoms with van der Waals surface area (Å²) in [4.78, 5) is 14.7. The summed E-state index contributed by atoms with van der Waals surface area (Å²) in [5.74, 6) is 0.623. The molecule has 0 bridgehead atoms. The number of ether oxygens (including phenoxy) is 1. The smallest absolute Gasteiger partial charge is 0.169 e. The van der Waals surface area contributed by atoms with Crippen LogP contribution in [-0.4, -0.2) is 18.4 Å². The number of carbonyl (C=O) groups excluding carboxylic acids is 1. The third-order valence-corrected chi connectivity index (χ3v) is 3.25. The Kier molecular flexibility index (Phi) is 3.22. The molecule has 0 aliphatic heterocycles. The van der Waals surface area contributed by atoms with Crippen molar-refractivity contribution in [3.8, 4) is 16.3 Å². The highest BCUT2D eigenvalue weighted by molar-refractivity contribution is 7.13. The Morgan fingerprint density at radius 2 is 2.31 bits per heavy atom. The van der Waals surface area contributed by atoms with E-state index >= 15 is 0 Å². The fourth-order valence-electron chi connectivity index (χ4n) is 1.27. The van der Waals surface area contributed by atoms with E-state index in [9.17, 15) is 4.79 Å². The highest BCUT2D eigenvalue weighted by Crippen LogP contribution is 2.31. The van der Waals surface area contributed by atoms with Crippen LogP contribution in [0, 0.1) is 0 Å². The molecule has 0 spiro atoms. The second-order valence-electron chi connectivity index (χ2n) is 3.04. The van der Waals surface area contributed by atoms with E-state index in [4.69, 9.17) is 16.3 Å². The van der Waals surface area contributed by atoms with Crippen LogP contribution in [0.15, 0.2) is 23.6 Å². The van der Waals surface area contributed by atoms with Gasteiger partial charge in [-0.05, 0) is 18.2 Å². The number of nitrogens with zero attached hydrogens (tertiary/aromatic N) is 1. The lowest BCUT2D eigenvalue weighted by Gasteiger charge is -2.03. The number of benzene rings is 1. The fraction of sp³-hybridized carbons (Fsp3) is 0.0909. The summed E-state index contributed by atoms with van der Waals surface area (Å²) in [5, 5.41) is 3.01. The predicted molar refractivity (Wildman–Crippen MR) is 64.5 cm³/mol. The Bertz CT molecular complexity index is 524. The minimum atomic E-state index is 0.437. The molecule has 0 unspecified atom stereocenters. The SMILES string of the molecule is COc1ccc(-c2nc(C=O)cs2)cc1Cl. The van der Waals surface area contributed by atoms with Crippen LogP contribution < -0.4 is 4.74 Å². The second-order valence-corrected chi connectivity index (χ2v) is 4.31. The predicted octanol–water partition coefficient (Wildman–Crippen LogP) is 3.28. The molecular formula is C11H8ClNO2S. The van der Waals surface area contributed by atoms with Gasteiger partial charge in [0.2, 0.25) is 0 Å². The molecule has 0 radical (unpaired) electrons. The summed E-state index contributed by atoms with van der Waals surface area (Å²) in [6, 6.07) is 5.41. The maximum Gasteiger partial charge on any atom is 0.169 e. The number of rotatable bonds is 3. The number of halogens is 1. The Balaban J connectivity index is 2.40. The van der Waals surface area contributed by atoms with Gasteiger partial charge in [-0.25, -0.2) is 4.98 Å². The van der Waals surface area contributed by atoms with Gasteiger partial charge in [-0.3, -0.25) is 4.79 Å². The fourth-order valence-corrected chi connectivity index (χ4v) is 2.29. The zero-order chi connectivity index (χ0) is 11.5. The van der Waals surface area contributed by atoms with Crippen molar-refractivity contribution < 1.29 is 9.53 Å². The van der Waals surface area contributed by atoms with E-state index < -0.39 is 0 Å². The van der Waals surface area contributed by atoms with Gasteiger partial charge in [0.1, 0.15) is 16.5 Å². The van der Waals surface area contributed by atoms with Gasteiger partial charge >= 0.3 is 0 Å². The molecule has 3 nitrogen and oxygen atoms in total. The van der Waals surface area contributed by atoms with Gasteiger partial charge in [0.25, 0.3) is 0 Å². The van der Waals surface area contributed by atoms with E-state index in [0.717, 1.165) is 16.9 Å². The van der Waals surface area contributed by atoms with E-state index in [-0.39, 0.29) is 0 Å². The Morgan fingerprint density at radius 3 is 2.88 bits per heavy atom. The molecular weight excluding hydrogens is 246 g/mol. The van der Waals surface area contributed by atoms with E-state index in [1.807, 2.05) is 6.07 Å². The Morgan fingerprint density at radius 1 is 1.50 bits per heavy atom. The monoisotopic (exact) mass is 253 g/mol. The first-order valence-corrected chi connectivity index (χ1v) is 5.75. The Hall–Kier alpha value is -1.39. The lowest BCUT2D eigenvalue weighted by molar-refractivity contribution is 0.111. The van der Waals surface area contributed by atoms with Crippen molar-refractivity contribution in [1.82, 2.24) is 4.98 Å². The number of hydrogen-bond donors (Lipinski definition) is 0. The van der Waals surface area contributed by atoms with E-state index in [1.165, 1.54) is 11.3 Å². The molecule has 16 heavy (non-hydrogen) atoms. The summed E-state index contributed by atoms with van der Waals surface area (Å²) in [5.41, 5.74) is 1.32. The number of aldehydes is 1. The molecule has 1 aromatic heterocycles. The zero-order valence-electron chi connectivity index (χ0n) is 8.44. The van der Waals surface area contributed by atoms with Gasteiger partial charge in [-0.15, -0.1) is 11.3 Å². The van der Waals surface area contributed by atoms with Crippen LogP contribution in [0.25, 0.3) is 10.6 Å². The number of methoxy groups -OCH3 is 1. The third kappa shape index (κ3) is 2.08. The molecule has 0 aliphatic carbocycles. The van der Waals surface area contributed by atoms with Crippen molar-refractivity contribution in [3.05, 3.63) is 34.3 Å². The maximum atomic E-state index is 10.5. The van der Waals surface area contributed by atoms with Gasteiger partial charge < -0.3 is 4.74 Å². The number of carbonyl (C=O) groups is 1. The average molecular weight is 254 g/mol. The van der Waals surface area contributed by atoms with Crippen molar-refractivity contribution in [2.75, 3.05) is 7.11 Å². The van der Waals surface area contributed by atoms with Crippen molar-refractivity contribution >= 4 is 29.2 Å². The van der Waals surface area contributed by atoms with E-state index in [1.54, 1.807) is 24.6 Å².